The number of nitrogens with zero attached hydrogens (tertiary/aromatic N) is 4. The highest BCUT2D eigenvalue weighted by atomic mass is 16.6. The van der Waals surface area contributed by atoms with E-state index in [9.17, 15) is 14.9 Å². The van der Waals surface area contributed by atoms with Crippen LogP contribution in [0.15, 0.2) is 40.2 Å². The highest BCUT2D eigenvalue weighted by molar-refractivity contribution is 5.92. The Morgan fingerprint density at radius 3 is 2.95 bits per heavy atom. The van der Waals surface area contributed by atoms with E-state index < -0.39 is 16.7 Å². The normalized spacial score (nSPS) is 10.5. The summed E-state index contributed by atoms with van der Waals surface area (Å²) in [5.74, 6) is -0.807. The zero-order valence-electron chi connectivity index (χ0n) is 9.39. The Balaban J connectivity index is 1.96. The number of carbonyl (C=O) groups is 1. The second-order valence-corrected chi connectivity index (χ2v) is 3.22. The van der Waals surface area contributed by atoms with Crippen molar-refractivity contribution in [3.63, 3.8) is 0 Å². The molecule has 0 aliphatic rings. The summed E-state index contributed by atoms with van der Waals surface area (Å²) in [4.78, 5) is 28.7. The molecule has 2 aromatic heterocycles. The molecule has 0 unspecified atom stereocenters. The van der Waals surface area contributed by atoms with Gasteiger partial charge in [0.25, 0.3) is 5.91 Å². The SMILES string of the molecule is O=C(N/N=C/c1ccc([N+](=O)[O-])o1)c1cnccn1. The summed E-state index contributed by atoms with van der Waals surface area (Å²) in [6.45, 7) is 0. The number of furan rings is 1. The van der Waals surface area contributed by atoms with Crippen LogP contribution in [0.5, 0.6) is 0 Å². The van der Waals surface area contributed by atoms with Crippen molar-refractivity contribution in [3.8, 4) is 0 Å². The van der Waals surface area contributed by atoms with Crippen molar-refractivity contribution >= 4 is 18.0 Å². The maximum Gasteiger partial charge on any atom is 0.433 e. The van der Waals surface area contributed by atoms with Gasteiger partial charge in [-0.05, 0) is 6.07 Å². The number of hydrogen-bond acceptors (Lipinski definition) is 7. The van der Waals surface area contributed by atoms with Crippen molar-refractivity contribution in [1.82, 2.24) is 15.4 Å². The van der Waals surface area contributed by atoms with E-state index in [0.717, 1.165) is 6.21 Å². The van der Waals surface area contributed by atoms with E-state index >= 15 is 0 Å². The predicted molar refractivity (Wildman–Crippen MR) is 62.5 cm³/mol. The fourth-order valence-electron chi connectivity index (χ4n) is 1.14. The number of nitrogens with one attached hydrogen (secondary N) is 1. The van der Waals surface area contributed by atoms with Gasteiger partial charge in [0.1, 0.15) is 10.6 Å². The largest absolute Gasteiger partial charge is 0.433 e. The van der Waals surface area contributed by atoms with Crippen LogP contribution in [-0.4, -0.2) is 27.0 Å². The maximum atomic E-state index is 11.5. The topological polar surface area (TPSA) is 124 Å². The molecular weight excluding hydrogens is 254 g/mol. The molecular formula is C10H7N5O4. The molecule has 9 nitrogen and oxygen atoms in total. The number of hydrogen-bond donors (Lipinski definition) is 1. The summed E-state index contributed by atoms with van der Waals surface area (Å²) < 4.78 is 4.80. The summed E-state index contributed by atoms with van der Waals surface area (Å²) in [6, 6.07) is 2.54. The fraction of sp³-hybridized carbons (Fsp3) is 0. The molecule has 2 aromatic rings. The highest BCUT2D eigenvalue weighted by Gasteiger charge is 2.10. The second-order valence-electron chi connectivity index (χ2n) is 3.22. The summed E-state index contributed by atoms with van der Waals surface area (Å²) >= 11 is 0. The first-order valence-electron chi connectivity index (χ1n) is 5.00. The van der Waals surface area contributed by atoms with Gasteiger partial charge in [-0.3, -0.25) is 19.9 Å². The van der Waals surface area contributed by atoms with Crippen molar-refractivity contribution in [2.45, 2.75) is 0 Å². The van der Waals surface area contributed by atoms with Crippen LogP contribution in [0.2, 0.25) is 0 Å². The van der Waals surface area contributed by atoms with E-state index in [1.807, 2.05) is 0 Å². The molecule has 0 saturated carbocycles. The predicted octanol–water partition coefficient (Wildman–Crippen LogP) is 0.742. The lowest BCUT2D eigenvalue weighted by Crippen LogP contribution is -2.18. The van der Waals surface area contributed by atoms with Crippen LogP contribution in [0.25, 0.3) is 0 Å². The Kier molecular flexibility index (Phi) is 3.57. The lowest BCUT2D eigenvalue weighted by atomic mass is 10.4. The molecule has 0 aromatic carbocycles. The van der Waals surface area contributed by atoms with Crippen LogP contribution >= 0.6 is 0 Å². The van der Waals surface area contributed by atoms with Crippen LogP contribution in [0, 0.1) is 10.1 Å². The average Bonchev–Trinajstić information content (AvgIpc) is 2.89. The van der Waals surface area contributed by atoms with E-state index in [1.54, 1.807) is 0 Å². The first-order valence-corrected chi connectivity index (χ1v) is 5.00. The Morgan fingerprint density at radius 2 is 2.32 bits per heavy atom. The molecule has 0 saturated heterocycles. The quantitative estimate of drug-likeness (QED) is 0.491. The first-order chi connectivity index (χ1) is 9.16. The monoisotopic (exact) mass is 261 g/mol. The average molecular weight is 261 g/mol. The summed E-state index contributed by atoms with van der Waals surface area (Å²) in [7, 11) is 0. The number of nitro groups is 1. The zero-order valence-corrected chi connectivity index (χ0v) is 9.39. The van der Waals surface area contributed by atoms with E-state index in [2.05, 4.69) is 20.5 Å². The van der Waals surface area contributed by atoms with E-state index in [0.29, 0.717) is 0 Å². The van der Waals surface area contributed by atoms with E-state index in [1.165, 1.54) is 30.7 Å². The van der Waals surface area contributed by atoms with Crippen LogP contribution in [0.1, 0.15) is 16.2 Å². The Hall–Kier alpha value is -3.10. The zero-order chi connectivity index (χ0) is 13.7. The highest BCUT2D eigenvalue weighted by Crippen LogP contribution is 2.13. The Morgan fingerprint density at radius 1 is 1.47 bits per heavy atom. The molecule has 2 rings (SSSR count). The summed E-state index contributed by atoms with van der Waals surface area (Å²) in [5.41, 5.74) is 2.29. The van der Waals surface area contributed by atoms with Crippen LogP contribution in [0.3, 0.4) is 0 Å². The minimum Gasteiger partial charge on any atom is -0.400 e. The van der Waals surface area contributed by atoms with E-state index in [-0.39, 0.29) is 11.5 Å². The number of aromatic nitrogens is 2. The second kappa shape index (κ2) is 5.49. The molecule has 0 fully saturated rings. The van der Waals surface area contributed by atoms with Gasteiger partial charge >= 0.3 is 5.88 Å². The number of amides is 1. The van der Waals surface area contributed by atoms with Crippen LogP contribution in [0.4, 0.5) is 5.88 Å². The molecule has 0 atom stereocenters. The van der Waals surface area contributed by atoms with Gasteiger partial charge in [-0.2, -0.15) is 5.10 Å². The molecule has 0 radical (unpaired) electrons. The molecule has 1 amide bonds. The van der Waals surface area contributed by atoms with Gasteiger partial charge in [0, 0.05) is 12.4 Å². The smallest absolute Gasteiger partial charge is 0.400 e. The molecule has 2 heterocycles. The van der Waals surface area contributed by atoms with Gasteiger partial charge < -0.3 is 4.42 Å². The van der Waals surface area contributed by atoms with Crippen molar-refractivity contribution < 1.29 is 14.1 Å². The number of carbonyl (C=O) groups excluding carboxylic acids is 1. The third-order valence-corrected chi connectivity index (χ3v) is 1.95. The molecule has 19 heavy (non-hydrogen) atoms. The molecule has 0 aliphatic carbocycles. The molecule has 96 valence electrons. The van der Waals surface area contributed by atoms with Crippen molar-refractivity contribution in [2.75, 3.05) is 0 Å². The molecule has 1 N–H and O–H groups in total. The van der Waals surface area contributed by atoms with E-state index in [4.69, 9.17) is 4.42 Å². The number of hydrazone groups is 1. The minimum absolute atomic E-state index is 0.102. The summed E-state index contributed by atoms with van der Waals surface area (Å²) in [5, 5.41) is 13.9. The molecule has 9 heteroatoms. The lowest BCUT2D eigenvalue weighted by Gasteiger charge is -1.96. The van der Waals surface area contributed by atoms with Gasteiger partial charge in [-0.15, -0.1) is 0 Å². The minimum atomic E-state index is -0.671. The third kappa shape index (κ3) is 3.19. The third-order valence-electron chi connectivity index (χ3n) is 1.95. The number of rotatable bonds is 4. The Labute approximate surface area is 106 Å². The molecule has 0 aliphatic heterocycles. The van der Waals surface area contributed by atoms with Crippen molar-refractivity contribution in [2.24, 2.45) is 5.10 Å². The van der Waals surface area contributed by atoms with Gasteiger partial charge in [0.05, 0.1) is 18.5 Å². The van der Waals surface area contributed by atoms with Crippen LogP contribution in [-0.2, 0) is 0 Å². The van der Waals surface area contributed by atoms with Gasteiger partial charge in [0.15, 0.2) is 5.76 Å². The fourth-order valence-corrected chi connectivity index (χ4v) is 1.14. The van der Waals surface area contributed by atoms with Crippen molar-refractivity contribution in [1.29, 1.82) is 0 Å². The lowest BCUT2D eigenvalue weighted by molar-refractivity contribution is -0.402. The molecule has 0 bridgehead atoms. The summed E-state index contributed by atoms with van der Waals surface area (Å²) in [6.07, 6.45) is 5.22. The van der Waals surface area contributed by atoms with Crippen LogP contribution < -0.4 is 5.43 Å². The van der Waals surface area contributed by atoms with Gasteiger partial charge in [-0.1, -0.05) is 0 Å². The van der Waals surface area contributed by atoms with Gasteiger partial charge in [0.2, 0.25) is 0 Å². The maximum absolute atomic E-state index is 11.5. The molecule has 0 spiro atoms. The standard InChI is InChI=1S/C10H7N5O4/c16-10(8-6-11-3-4-12-8)14-13-5-7-1-2-9(19-7)15(17)18/h1-6H,(H,14,16)/b13-5+. The first kappa shape index (κ1) is 12.4. The van der Waals surface area contributed by atoms with Crippen molar-refractivity contribution in [3.05, 3.63) is 52.3 Å². The van der Waals surface area contributed by atoms with Gasteiger partial charge in [-0.25, -0.2) is 10.4 Å². The Bertz CT molecular complexity index is 622.